The molecular formula is C12H10BrClN2O3S2. The van der Waals surface area contributed by atoms with Crippen molar-refractivity contribution in [2.24, 2.45) is 0 Å². The largest absolute Gasteiger partial charge is 0.355 e. The summed E-state index contributed by atoms with van der Waals surface area (Å²) in [6.07, 6.45) is 0. The molecule has 0 saturated heterocycles. The Morgan fingerprint density at radius 2 is 2.05 bits per heavy atom. The maximum absolute atomic E-state index is 12.3. The second-order valence-corrected chi connectivity index (χ2v) is 7.99. The van der Waals surface area contributed by atoms with E-state index in [1.807, 2.05) is 0 Å². The Morgan fingerprint density at radius 3 is 2.62 bits per heavy atom. The van der Waals surface area contributed by atoms with Crippen molar-refractivity contribution < 1.29 is 13.2 Å². The van der Waals surface area contributed by atoms with Gasteiger partial charge in [0, 0.05) is 17.2 Å². The number of nitrogens with one attached hydrogen (secondary N) is 2. The zero-order valence-corrected chi connectivity index (χ0v) is 14.7. The molecule has 1 aromatic heterocycles. The molecule has 1 aromatic carbocycles. The molecule has 2 aromatic rings. The zero-order valence-electron chi connectivity index (χ0n) is 10.7. The van der Waals surface area contributed by atoms with Crippen LogP contribution in [0, 0.1) is 0 Å². The lowest BCUT2D eigenvalue weighted by Crippen LogP contribution is -2.19. The van der Waals surface area contributed by atoms with Crippen molar-refractivity contribution >= 4 is 60.5 Å². The Hall–Kier alpha value is -1.09. The Labute approximate surface area is 139 Å². The smallest absolute Gasteiger partial charge is 0.272 e. The molecule has 2 N–H and O–H groups in total. The second kappa shape index (κ2) is 6.35. The fourth-order valence-electron chi connectivity index (χ4n) is 1.57. The highest BCUT2D eigenvalue weighted by molar-refractivity contribution is 9.10. The summed E-state index contributed by atoms with van der Waals surface area (Å²) in [5, 5.41) is 4.35. The van der Waals surface area contributed by atoms with Crippen LogP contribution in [0.4, 0.5) is 5.69 Å². The van der Waals surface area contributed by atoms with Gasteiger partial charge in [-0.3, -0.25) is 9.52 Å². The van der Waals surface area contributed by atoms with E-state index in [0.717, 1.165) is 11.3 Å². The monoisotopic (exact) mass is 408 g/mol. The maximum Gasteiger partial charge on any atom is 0.272 e. The van der Waals surface area contributed by atoms with Gasteiger partial charge in [-0.25, -0.2) is 8.42 Å². The van der Waals surface area contributed by atoms with Crippen LogP contribution in [0.3, 0.4) is 0 Å². The molecule has 0 fully saturated rings. The third-order valence-electron chi connectivity index (χ3n) is 2.52. The summed E-state index contributed by atoms with van der Waals surface area (Å²) in [6, 6.07) is 6.00. The van der Waals surface area contributed by atoms with Crippen LogP contribution in [0.2, 0.25) is 5.02 Å². The Kier molecular flexibility index (Phi) is 4.92. The lowest BCUT2D eigenvalue weighted by molar-refractivity contribution is 0.0963. The number of anilines is 1. The molecule has 0 aliphatic rings. The number of carbonyl (C=O) groups excluding carboxylic acids is 1. The van der Waals surface area contributed by atoms with Gasteiger partial charge in [-0.15, -0.1) is 11.3 Å². The van der Waals surface area contributed by atoms with Crippen LogP contribution >= 0.6 is 38.9 Å². The van der Waals surface area contributed by atoms with Crippen LogP contribution in [-0.4, -0.2) is 21.4 Å². The molecule has 0 radical (unpaired) electrons. The van der Waals surface area contributed by atoms with Crippen molar-refractivity contribution in [2.75, 3.05) is 11.8 Å². The summed E-state index contributed by atoms with van der Waals surface area (Å²) in [5.41, 5.74) is 0.461. The standard InChI is InChI=1S/C12H10BrClN2O3S2/c1-15-11(17)8-6-7(2-3-10(8)14)16-21(18,19)12-9(13)4-5-20-12/h2-6,16H,1H3,(H,15,17). The van der Waals surface area contributed by atoms with Crippen molar-refractivity contribution in [1.29, 1.82) is 0 Å². The fraction of sp³-hybridized carbons (Fsp3) is 0.0833. The van der Waals surface area contributed by atoms with E-state index in [1.54, 1.807) is 11.4 Å². The Bertz CT molecular complexity index is 790. The number of rotatable bonds is 4. The third kappa shape index (κ3) is 3.57. The fourth-order valence-corrected chi connectivity index (χ4v) is 5.16. The molecule has 1 amide bonds. The first kappa shape index (κ1) is 16.3. The van der Waals surface area contributed by atoms with Gasteiger partial charge in [0.25, 0.3) is 15.9 Å². The number of amides is 1. The van der Waals surface area contributed by atoms with Crippen molar-refractivity contribution in [1.82, 2.24) is 5.32 Å². The van der Waals surface area contributed by atoms with Crippen LogP contribution in [0.1, 0.15) is 10.4 Å². The molecule has 0 atom stereocenters. The van der Waals surface area contributed by atoms with Crippen LogP contribution in [0.15, 0.2) is 38.3 Å². The Balaban J connectivity index is 2.37. The van der Waals surface area contributed by atoms with Gasteiger partial charge in [0.05, 0.1) is 10.6 Å². The average Bonchev–Trinajstić information content (AvgIpc) is 2.87. The van der Waals surface area contributed by atoms with E-state index >= 15 is 0 Å². The molecule has 21 heavy (non-hydrogen) atoms. The topological polar surface area (TPSA) is 75.3 Å². The summed E-state index contributed by atoms with van der Waals surface area (Å²) >= 11 is 10.2. The molecule has 9 heteroatoms. The third-order valence-corrected chi connectivity index (χ3v) is 6.90. The first-order chi connectivity index (χ1) is 9.85. The summed E-state index contributed by atoms with van der Waals surface area (Å²) in [6.45, 7) is 0. The minimum atomic E-state index is -3.72. The van der Waals surface area contributed by atoms with E-state index in [0.29, 0.717) is 4.47 Å². The SMILES string of the molecule is CNC(=O)c1cc(NS(=O)(=O)c2sccc2Br)ccc1Cl. The molecule has 0 aliphatic heterocycles. The summed E-state index contributed by atoms with van der Waals surface area (Å²) < 4.78 is 27.6. The van der Waals surface area contributed by atoms with Gasteiger partial charge >= 0.3 is 0 Å². The number of benzene rings is 1. The predicted molar refractivity (Wildman–Crippen MR) is 87.7 cm³/mol. The van der Waals surface area contributed by atoms with Gasteiger partial charge < -0.3 is 5.32 Å². The van der Waals surface area contributed by atoms with Crippen LogP contribution < -0.4 is 10.0 Å². The molecule has 0 bridgehead atoms. The van der Waals surface area contributed by atoms with Crippen LogP contribution in [0.5, 0.6) is 0 Å². The average molecular weight is 410 g/mol. The molecule has 5 nitrogen and oxygen atoms in total. The van der Waals surface area contributed by atoms with Gasteiger partial charge in [-0.2, -0.15) is 0 Å². The maximum atomic E-state index is 12.3. The van der Waals surface area contributed by atoms with Crippen molar-refractivity contribution in [3.8, 4) is 0 Å². The van der Waals surface area contributed by atoms with Crippen molar-refractivity contribution in [3.05, 3.63) is 44.7 Å². The minimum Gasteiger partial charge on any atom is -0.355 e. The van der Waals surface area contributed by atoms with E-state index in [-0.39, 0.29) is 20.5 Å². The molecule has 0 saturated carbocycles. The molecule has 2 rings (SSSR count). The van der Waals surface area contributed by atoms with E-state index in [2.05, 4.69) is 26.0 Å². The highest BCUT2D eigenvalue weighted by atomic mass is 79.9. The van der Waals surface area contributed by atoms with Gasteiger partial charge in [0.1, 0.15) is 0 Å². The summed E-state index contributed by atoms with van der Waals surface area (Å²) in [5.74, 6) is -0.390. The van der Waals surface area contributed by atoms with Crippen LogP contribution in [-0.2, 0) is 10.0 Å². The number of halogens is 2. The molecular weight excluding hydrogens is 400 g/mol. The quantitative estimate of drug-likeness (QED) is 0.813. The Morgan fingerprint density at radius 1 is 1.33 bits per heavy atom. The van der Waals surface area contributed by atoms with E-state index in [4.69, 9.17) is 11.6 Å². The number of hydrogen-bond acceptors (Lipinski definition) is 4. The zero-order chi connectivity index (χ0) is 15.6. The number of carbonyl (C=O) groups is 1. The van der Waals surface area contributed by atoms with Crippen molar-refractivity contribution in [3.63, 3.8) is 0 Å². The lowest BCUT2D eigenvalue weighted by atomic mass is 10.2. The lowest BCUT2D eigenvalue weighted by Gasteiger charge is -2.09. The first-order valence-corrected chi connectivity index (χ1v) is 9.16. The molecule has 0 spiro atoms. The molecule has 0 aliphatic carbocycles. The van der Waals surface area contributed by atoms with E-state index < -0.39 is 15.9 Å². The number of thiophene rings is 1. The highest BCUT2D eigenvalue weighted by Gasteiger charge is 2.20. The van der Waals surface area contributed by atoms with E-state index in [1.165, 1.54) is 25.2 Å². The van der Waals surface area contributed by atoms with Gasteiger partial charge in [0.2, 0.25) is 0 Å². The molecule has 1 heterocycles. The normalized spacial score (nSPS) is 11.2. The second-order valence-electron chi connectivity index (χ2n) is 3.94. The van der Waals surface area contributed by atoms with Gasteiger partial charge in [-0.1, -0.05) is 11.6 Å². The van der Waals surface area contributed by atoms with E-state index in [9.17, 15) is 13.2 Å². The summed E-state index contributed by atoms with van der Waals surface area (Å²) in [7, 11) is -2.25. The van der Waals surface area contributed by atoms with Crippen LogP contribution in [0.25, 0.3) is 0 Å². The number of sulfonamides is 1. The molecule has 112 valence electrons. The predicted octanol–water partition coefficient (Wildman–Crippen LogP) is 3.32. The first-order valence-electron chi connectivity index (χ1n) is 5.62. The number of hydrogen-bond donors (Lipinski definition) is 2. The summed E-state index contributed by atoms with van der Waals surface area (Å²) in [4.78, 5) is 11.7. The minimum absolute atomic E-state index is 0.166. The van der Waals surface area contributed by atoms with Gasteiger partial charge in [0.15, 0.2) is 4.21 Å². The van der Waals surface area contributed by atoms with Gasteiger partial charge in [-0.05, 0) is 45.6 Å². The highest BCUT2D eigenvalue weighted by Crippen LogP contribution is 2.30. The molecule has 0 unspecified atom stereocenters. The van der Waals surface area contributed by atoms with Crippen molar-refractivity contribution in [2.45, 2.75) is 4.21 Å².